The highest BCUT2D eigenvalue weighted by atomic mass is 32.2. The lowest BCUT2D eigenvalue weighted by Gasteiger charge is -2.14. The summed E-state index contributed by atoms with van der Waals surface area (Å²) in [5, 5.41) is 11.1. The van der Waals surface area contributed by atoms with E-state index in [2.05, 4.69) is 0 Å². The van der Waals surface area contributed by atoms with E-state index in [9.17, 15) is 14.9 Å². The lowest BCUT2D eigenvalue weighted by Crippen LogP contribution is -2.27. The third-order valence-electron chi connectivity index (χ3n) is 4.72. The van der Waals surface area contributed by atoms with E-state index in [1.807, 2.05) is 6.92 Å². The molecule has 1 saturated heterocycles. The molecule has 0 spiro atoms. The highest BCUT2D eigenvalue weighted by molar-refractivity contribution is 8.27. The molecule has 1 fully saturated rings. The zero-order valence-electron chi connectivity index (χ0n) is 16.5. The smallest absolute Gasteiger partial charge is 0.270 e. The Morgan fingerprint density at radius 3 is 2.58 bits per heavy atom. The largest absolute Gasteiger partial charge is 0.497 e. The number of rotatable bonds is 5. The molecule has 1 aliphatic heterocycles. The van der Waals surface area contributed by atoms with E-state index in [-0.39, 0.29) is 11.6 Å². The molecule has 3 aromatic rings. The third kappa shape index (κ3) is 4.10. The molecule has 0 N–H and O–H groups in total. The zero-order chi connectivity index (χ0) is 22.1. The molecular weight excluding hydrogens is 436 g/mol. The molecule has 7 nitrogen and oxygen atoms in total. The first-order valence-corrected chi connectivity index (χ1v) is 10.4. The molecule has 2 heterocycles. The third-order valence-corrected chi connectivity index (χ3v) is 6.02. The van der Waals surface area contributed by atoms with Crippen molar-refractivity contribution in [2.45, 2.75) is 6.92 Å². The number of nitro groups is 1. The summed E-state index contributed by atoms with van der Waals surface area (Å²) < 4.78 is 11.4. The fourth-order valence-electron chi connectivity index (χ4n) is 3.12. The first-order valence-electron chi connectivity index (χ1n) is 9.14. The highest BCUT2D eigenvalue weighted by Gasteiger charge is 2.33. The monoisotopic (exact) mass is 452 g/mol. The molecule has 156 valence electrons. The molecule has 1 aliphatic rings. The lowest BCUT2D eigenvalue weighted by atomic mass is 10.1. The van der Waals surface area contributed by atoms with Gasteiger partial charge in [-0.15, -0.1) is 0 Å². The number of nitro benzene ring substituents is 1. The minimum absolute atomic E-state index is 0.0149. The number of non-ortho nitro benzene ring substituents is 1. The van der Waals surface area contributed by atoms with Gasteiger partial charge in [-0.25, -0.2) is 0 Å². The van der Waals surface area contributed by atoms with Crippen molar-refractivity contribution in [1.29, 1.82) is 0 Å². The number of thioether (sulfide) groups is 1. The van der Waals surface area contributed by atoms with Crippen molar-refractivity contribution in [3.63, 3.8) is 0 Å². The van der Waals surface area contributed by atoms with Crippen molar-refractivity contribution in [2.24, 2.45) is 0 Å². The minimum atomic E-state index is -0.447. The predicted molar refractivity (Wildman–Crippen MR) is 124 cm³/mol. The Labute approximate surface area is 187 Å². The van der Waals surface area contributed by atoms with Crippen LogP contribution < -0.4 is 9.64 Å². The summed E-state index contributed by atoms with van der Waals surface area (Å²) in [6, 6.07) is 15.1. The molecule has 4 rings (SSSR count). The molecule has 0 atom stereocenters. The van der Waals surface area contributed by atoms with Gasteiger partial charge in [0.2, 0.25) is 0 Å². The maximum absolute atomic E-state index is 12.9. The van der Waals surface area contributed by atoms with Gasteiger partial charge >= 0.3 is 0 Å². The summed E-state index contributed by atoms with van der Waals surface area (Å²) in [5.74, 6) is 1.38. The Balaban J connectivity index is 1.61. The van der Waals surface area contributed by atoms with E-state index in [4.69, 9.17) is 21.4 Å². The molecule has 0 saturated carbocycles. The molecule has 0 unspecified atom stereocenters. The Bertz CT molecular complexity index is 1230. The number of aryl methyl sites for hydroxylation is 1. The van der Waals surface area contributed by atoms with Gasteiger partial charge in [-0.1, -0.05) is 30.0 Å². The standard InChI is InChI=1S/C22H16N2O5S2/c1-13-3-4-15(24(26)27)11-18(13)19-10-9-17(29-19)12-20-21(25)23(22(30)31-20)14-5-7-16(28-2)8-6-14/h3-12H,1-2H3/b20-12+. The highest BCUT2D eigenvalue weighted by Crippen LogP contribution is 2.37. The molecule has 0 aliphatic carbocycles. The summed E-state index contributed by atoms with van der Waals surface area (Å²) in [7, 11) is 1.57. The minimum Gasteiger partial charge on any atom is -0.497 e. The van der Waals surface area contributed by atoms with Crippen molar-refractivity contribution < 1.29 is 18.9 Å². The first-order chi connectivity index (χ1) is 14.9. The molecule has 9 heteroatoms. The second-order valence-electron chi connectivity index (χ2n) is 6.67. The van der Waals surface area contributed by atoms with Gasteiger partial charge in [0.15, 0.2) is 4.32 Å². The number of furan rings is 1. The number of amides is 1. The molecular formula is C22H16N2O5S2. The Morgan fingerprint density at radius 1 is 1.16 bits per heavy atom. The number of hydrogen-bond donors (Lipinski definition) is 0. The SMILES string of the molecule is COc1ccc(N2C(=O)/C(=C\c3ccc(-c4cc([N+](=O)[O-])ccc4C)o3)SC2=S)cc1. The number of anilines is 1. The molecule has 0 radical (unpaired) electrons. The number of carbonyl (C=O) groups is 1. The summed E-state index contributed by atoms with van der Waals surface area (Å²) >= 11 is 6.58. The maximum atomic E-state index is 12.9. The number of ether oxygens (including phenoxy) is 1. The number of benzene rings is 2. The van der Waals surface area contributed by atoms with Crippen LogP contribution in [0, 0.1) is 17.0 Å². The van der Waals surface area contributed by atoms with Crippen molar-refractivity contribution >= 4 is 51.7 Å². The summed E-state index contributed by atoms with van der Waals surface area (Å²) in [4.78, 5) is 25.4. The molecule has 2 aromatic carbocycles. The van der Waals surface area contributed by atoms with Gasteiger partial charge in [0.25, 0.3) is 11.6 Å². The van der Waals surface area contributed by atoms with E-state index in [0.29, 0.717) is 37.7 Å². The van der Waals surface area contributed by atoms with Gasteiger partial charge in [-0.2, -0.15) is 0 Å². The van der Waals surface area contributed by atoms with Crippen LogP contribution in [0.3, 0.4) is 0 Å². The van der Waals surface area contributed by atoms with Crippen molar-refractivity contribution in [1.82, 2.24) is 0 Å². The topological polar surface area (TPSA) is 85.8 Å². The number of hydrogen-bond acceptors (Lipinski definition) is 7. The van der Waals surface area contributed by atoms with Gasteiger partial charge < -0.3 is 9.15 Å². The second kappa shape index (κ2) is 8.37. The van der Waals surface area contributed by atoms with Gasteiger partial charge in [0.05, 0.1) is 22.6 Å². The van der Waals surface area contributed by atoms with Crippen LogP contribution in [-0.2, 0) is 4.79 Å². The normalized spacial score (nSPS) is 15.0. The number of nitrogens with zero attached hydrogens (tertiary/aromatic N) is 2. The molecule has 31 heavy (non-hydrogen) atoms. The Hall–Kier alpha value is -3.43. The number of methoxy groups -OCH3 is 1. The van der Waals surface area contributed by atoms with Gasteiger partial charge in [0, 0.05) is 23.8 Å². The first kappa shape index (κ1) is 20.8. The maximum Gasteiger partial charge on any atom is 0.270 e. The van der Waals surface area contributed by atoms with E-state index < -0.39 is 4.92 Å². The van der Waals surface area contributed by atoms with Crippen molar-refractivity contribution in [3.05, 3.63) is 80.9 Å². The van der Waals surface area contributed by atoms with E-state index in [1.165, 1.54) is 28.8 Å². The predicted octanol–water partition coefficient (Wildman–Crippen LogP) is 5.58. The van der Waals surface area contributed by atoms with E-state index in [1.54, 1.807) is 55.7 Å². The van der Waals surface area contributed by atoms with E-state index in [0.717, 1.165) is 5.56 Å². The van der Waals surface area contributed by atoms with Crippen LogP contribution in [0.2, 0.25) is 0 Å². The Kier molecular flexibility index (Phi) is 5.62. The fourth-order valence-corrected chi connectivity index (χ4v) is 4.39. The molecule has 1 aromatic heterocycles. The van der Waals surface area contributed by atoms with Crippen LogP contribution in [0.1, 0.15) is 11.3 Å². The summed E-state index contributed by atoms with van der Waals surface area (Å²) in [6.07, 6.45) is 1.62. The van der Waals surface area contributed by atoms with Gasteiger partial charge in [-0.3, -0.25) is 19.8 Å². The average molecular weight is 453 g/mol. The van der Waals surface area contributed by atoms with Crippen LogP contribution >= 0.6 is 24.0 Å². The van der Waals surface area contributed by atoms with Crippen LogP contribution in [0.25, 0.3) is 17.4 Å². The van der Waals surface area contributed by atoms with Crippen LogP contribution in [-0.4, -0.2) is 22.3 Å². The lowest BCUT2D eigenvalue weighted by molar-refractivity contribution is -0.384. The zero-order valence-corrected chi connectivity index (χ0v) is 18.2. The van der Waals surface area contributed by atoms with E-state index >= 15 is 0 Å². The Morgan fingerprint density at radius 2 is 1.90 bits per heavy atom. The average Bonchev–Trinajstić information content (AvgIpc) is 3.32. The van der Waals surface area contributed by atoms with Gasteiger partial charge in [-0.05, 0) is 48.9 Å². The quantitative estimate of drug-likeness (QED) is 0.216. The number of thiocarbonyl (C=S) groups is 1. The van der Waals surface area contributed by atoms with Crippen molar-refractivity contribution in [2.75, 3.05) is 12.0 Å². The van der Waals surface area contributed by atoms with Crippen LogP contribution in [0.5, 0.6) is 5.75 Å². The van der Waals surface area contributed by atoms with Crippen LogP contribution in [0.4, 0.5) is 11.4 Å². The molecule has 0 bridgehead atoms. The van der Waals surface area contributed by atoms with Gasteiger partial charge in [0.1, 0.15) is 17.3 Å². The summed E-state index contributed by atoms with van der Waals surface area (Å²) in [6.45, 7) is 1.85. The van der Waals surface area contributed by atoms with Crippen LogP contribution in [0.15, 0.2) is 63.9 Å². The second-order valence-corrected chi connectivity index (χ2v) is 8.35. The molecule has 1 amide bonds. The number of carbonyl (C=O) groups excluding carboxylic acids is 1. The van der Waals surface area contributed by atoms with Crippen molar-refractivity contribution in [3.8, 4) is 17.1 Å². The summed E-state index contributed by atoms with van der Waals surface area (Å²) in [5.41, 5.74) is 2.11. The fraction of sp³-hybridized carbons (Fsp3) is 0.0909.